The predicted octanol–water partition coefficient (Wildman–Crippen LogP) is 2.72. The number of carbonyl (C=O) groups excluding carboxylic acids is 1. The van der Waals surface area contributed by atoms with Gasteiger partial charge in [-0.25, -0.2) is 4.98 Å². The first-order valence-electron chi connectivity index (χ1n) is 10.5. The minimum Gasteiger partial charge on any atom is -0.503 e. The fourth-order valence-electron chi connectivity index (χ4n) is 4.47. The van der Waals surface area contributed by atoms with Crippen LogP contribution in [0.4, 0.5) is 0 Å². The maximum absolute atomic E-state index is 12.4. The van der Waals surface area contributed by atoms with E-state index in [9.17, 15) is 14.7 Å². The van der Waals surface area contributed by atoms with E-state index in [-0.39, 0.29) is 11.2 Å². The number of aromatic hydroxyl groups is 1. The standard InChI is InChI=1S/C22H27N5O3/c1-3-10-24-21(30)18-19(29)17(28)13-26(25-18)14-22(8-4-5-9-22)27-12-15(2)16-7-6-11-23-20(16)27/h6-7,11-13,28H,3-5,8-10,14H2,1-2H3,(H,24,30). The van der Waals surface area contributed by atoms with Gasteiger partial charge < -0.3 is 15.0 Å². The Balaban J connectivity index is 1.76. The van der Waals surface area contributed by atoms with E-state index < -0.39 is 17.1 Å². The highest BCUT2D eigenvalue weighted by Gasteiger charge is 2.38. The summed E-state index contributed by atoms with van der Waals surface area (Å²) in [6.45, 7) is 4.88. The van der Waals surface area contributed by atoms with Gasteiger partial charge in [-0.3, -0.25) is 14.3 Å². The van der Waals surface area contributed by atoms with Crippen LogP contribution < -0.4 is 10.7 Å². The zero-order valence-corrected chi connectivity index (χ0v) is 17.4. The number of carbonyl (C=O) groups is 1. The van der Waals surface area contributed by atoms with Crippen molar-refractivity contribution < 1.29 is 9.90 Å². The van der Waals surface area contributed by atoms with Crippen LogP contribution in [-0.4, -0.2) is 36.9 Å². The average molecular weight is 409 g/mol. The minimum atomic E-state index is -0.746. The Kier molecular flexibility index (Phi) is 5.32. The van der Waals surface area contributed by atoms with Crippen LogP contribution in [0.5, 0.6) is 5.75 Å². The Morgan fingerprint density at radius 1 is 1.30 bits per heavy atom. The number of amides is 1. The minimum absolute atomic E-state index is 0.275. The van der Waals surface area contributed by atoms with Gasteiger partial charge in [0.2, 0.25) is 0 Å². The number of aryl methyl sites for hydroxylation is 1. The number of aromatic nitrogens is 4. The van der Waals surface area contributed by atoms with Crippen LogP contribution in [0.15, 0.2) is 35.5 Å². The van der Waals surface area contributed by atoms with Gasteiger partial charge in [0.1, 0.15) is 5.65 Å². The molecule has 3 aromatic rings. The van der Waals surface area contributed by atoms with Gasteiger partial charge in [-0.05, 0) is 43.9 Å². The van der Waals surface area contributed by atoms with Gasteiger partial charge in [-0.1, -0.05) is 19.8 Å². The smallest absolute Gasteiger partial charge is 0.275 e. The molecule has 0 bridgehead atoms. The van der Waals surface area contributed by atoms with Crippen molar-refractivity contribution in [2.45, 2.75) is 58.0 Å². The van der Waals surface area contributed by atoms with Gasteiger partial charge >= 0.3 is 0 Å². The van der Waals surface area contributed by atoms with Crippen LogP contribution in [0.2, 0.25) is 0 Å². The summed E-state index contributed by atoms with van der Waals surface area (Å²) < 4.78 is 3.76. The monoisotopic (exact) mass is 409 g/mol. The lowest BCUT2D eigenvalue weighted by atomic mass is 9.97. The molecule has 3 heterocycles. The Morgan fingerprint density at radius 2 is 2.07 bits per heavy atom. The van der Waals surface area contributed by atoms with E-state index >= 15 is 0 Å². The average Bonchev–Trinajstić information content (AvgIpc) is 3.34. The summed E-state index contributed by atoms with van der Waals surface area (Å²) in [5.74, 6) is -1.03. The molecule has 4 rings (SSSR count). The number of rotatable bonds is 6. The normalized spacial score (nSPS) is 15.5. The Labute approximate surface area is 174 Å². The molecule has 2 N–H and O–H groups in total. The largest absolute Gasteiger partial charge is 0.503 e. The molecule has 3 aromatic heterocycles. The summed E-state index contributed by atoms with van der Waals surface area (Å²) in [5, 5.41) is 18.3. The fraction of sp³-hybridized carbons (Fsp3) is 0.455. The van der Waals surface area contributed by atoms with Crippen molar-refractivity contribution in [2.24, 2.45) is 0 Å². The molecule has 1 fully saturated rings. The van der Waals surface area contributed by atoms with Crippen molar-refractivity contribution in [1.29, 1.82) is 0 Å². The lowest BCUT2D eigenvalue weighted by molar-refractivity contribution is 0.0942. The molecule has 1 saturated carbocycles. The quantitative estimate of drug-likeness (QED) is 0.652. The zero-order valence-electron chi connectivity index (χ0n) is 17.4. The highest BCUT2D eigenvalue weighted by atomic mass is 16.3. The SMILES string of the molecule is CCCNC(=O)c1nn(CC2(n3cc(C)c4cccnc43)CCCC2)cc(O)c1=O. The second-order valence-corrected chi connectivity index (χ2v) is 8.13. The highest BCUT2D eigenvalue weighted by Crippen LogP contribution is 2.40. The summed E-state index contributed by atoms with van der Waals surface area (Å²) in [7, 11) is 0. The second-order valence-electron chi connectivity index (χ2n) is 8.13. The van der Waals surface area contributed by atoms with Crippen LogP contribution >= 0.6 is 0 Å². The maximum Gasteiger partial charge on any atom is 0.275 e. The van der Waals surface area contributed by atoms with E-state index in [0.717, 1.165) is 48.7 Å². The topological polar surface area (TPSA) is 102 Å². The van der Waals surface area contributed by atoms with Gasteiger partial charge in [0, 0.05) is 24.3 Å². The van der Waals surface area contributed by atoms with Crippen LogP contribution in [0.25, 0.3) is 11.0 Å². The number of pyridine rings is 1. The summed E-state index contributed by atoms with van der Waals surface area (Å²) in [6, 6.07) is 4.00. The summed E-state index contributed by atoms with van der Waals surface area (Å²) in [6.07, 6.45) is 9.99. The molecule has 0 unspecified atom stereocenters. The zero-order chi connectivity index (χ0) is 21.3. The second kappa shape index (κ2) is 7.93. The third-order valence-corrected chi connectivity index (χ3v) is 5.96. The molecule has 1 aliphatic carbocycles. The Morgan fingerprint density at radius 3 is 2.80 bits per heavy atom. The van der Waals surface area contributed by atoms with E-state index in [1.165, 1.54) is 10.9 Å². The van der Waals surface area contributed by atoms with Crippen molar-refractivity contribution in [2.75, 3.05) is 6.54 Å². The molecule has 0 aliphatic heterocycles. The summed E-state index contributed by atoms with van der Waals surface area (Å²) >= 11 is 0. The molecule has 1 amide bonds. The van der Waals surface area contributed by atoms with Crippen LogP contribution in [0.1, 0.15) is 55.1 Å². The third-order valence-electron chi connectivity index (χ3n) is 5.96. The molecule has 1 aliphatic rings. The molecule has 30 heavy (non-hydrogen) atoms. The molecule has 0 spiro atoms. The van der Waals surface area contributed by atoms with E-state index in [4.69, 9.17) is 0 Å². The first kappa shape index (κ1) is 20.1. The fourth-order valence-corrected chi connectivity index (χ4v) is 4.47. The third kappa shape index (κ3) is 3.46. The van der Waals surface area contributed by atoms with Gasteiger partial charge in [-0.15, -0.1) is 0 Å². The molecule has 158 valence electrons. The molecule has 8 nitrogen and oxygen atoms in total. The molecule has 0 atom stereocenters. The Hall–Kier alpha value is -3.16. The molecule has 0 saturated heterocycles. The van der Waals surface area contributed by atoms with Crippen molar-refractivity contribution in [1.82, 2.24) is 24.6 Å². The van der Waals surface area contributed by atoms with Crippen LogP contribution in [0, 0.1) is 6.92 Å². The highest BCUT2D eigenvalue weighted by molar-refractivity contribution is 5.92. The van der Waals surface area contributed by atoms with Crippen molar-refractivity contribution in [3.63, 3.8) is 0 Å². The van der Waals surface area contributed by atoms with E-state index in [1.807, 2.05) is 13.0 Å². The maximum atomic E-state index is 12.4. The summed E-state index contributed by atoms with van der Waals surface area (Å²) in [4.78, 5) is 29.3. The van der Waals surface area contributed by atoms with E-state index in [2.05, 4.69) is 39.2 Å². The molecule has 8 heteroatoms. The number of hydrogen-bond acceptors (Lipinski definition) is 5. The van der Waals surface area contributed by atoms with E-state index in [0.29, 0.717) is 13.1 Å². The van der Waals surface area contributed by atoms with Gasteiger partial charge in [0.05, 0.1) is 18.3 Å². The molecular weight excluding hydrogens is 382 g/mol. The lowest BCUT2D eigenvalue weighted by Gasteiger charge is -2.32. The van der Waals surface area contributed by atoms with Gasteiger partial charge in [0.15, 0.2) is 11.4 Å². The first-order valence-corrected chi connectivity index (χ1v) is 10.5. The molecular formula is C22H27N5O3. The Bertz CT molecular complexity index is 1140. The number of nitrogens with zero attached hydrogens (tertiary/aromatic N) is 4. The van der Waals surface area contributed by atoms with E-state index in [1.54, 1.807) is 6.20 Å². The molecule has 0 aromatic carbocycles. The molecule has 0 radical (unpaired) electrons. The first-order chi connectivity index (χ1) is 14.4. The van der Waals surface area contributed by atoms with Crippen LogP contribution in [0.3, 0.4) is 0 Å². The number of hydrogen-bond donors (Lipinski definition) is 2. The number of nitrogens with one attached hydrogen (secondary N) is 1. The summed E-state index contributed by atoms with van der Waals surface area (Å²) in [5.41, 5.74) is 0.766. The van der Waals surface area contributed by atoms with Crippen molar-refractivity contribution in [3.05, 3.63) is 52.2 Å². The predicted molar refractivity (Wildman–Crippen MR) is 114 cm³/mol. The van der Waals surface area contributed by atoms with Crippen molar-refractivity contribution >= 4 is 16.9 Å². The van der Waals surface area contributed by atoms with Crippen molar-refractivity contribution in [3.8, 4) is 5.75 Å². The van der Waals surface area contributed by atoms with Gasteiger partial charge in [-0.2, -0.15) is 5.10 Å². The van der Waals surface area contributed by atoms with Gasteiger partial charge in [0.25, 0.3) is 11.3 Å². The van der Waals surface area contributed by atoms with Crippen LogP contribution in [-0.2, 0) is 12.1 Å². The number of fused-ring (bicyclic) bond motifs is 1. The lowest BCUT2D eigenvalue weighted by Crippen LogP contribution is -2.38.